The highest BCUT2D eigenvalue weighted by atomic mass is 14.9. The second-order valence-electron chi connectivity index (χ2n) is 5.26. The zero-order chi connectivity index (χ0) is 11.4. The summed E-state index contributed by atoms with van der Waals surface area (Å²) in [7, 11) is 0. The van der Waals surface area contributed by atoms with Crippen LogP contribution in [0.4, 0.5) is 0 Å². The fourth-order valence-electron chi connectivity index (χ4n) is 2.66. The highest BCUT2D eigenvalue weighted by Crippen LogP contribution is 2.34. The van der Waals surface area contributed by atoms with Gasteiger partial charge in [0.2, 0.25) is 0 Å². The minimum absolute atomic E-state index is 0.664. The van der Waals surface area contributed by atoms with Crippen LogP contribution in [0.1, 0.15) is 65.2 Å². The minimum Gasteiger partial charge on any atom is -0.257 e. The van der Waals surface area contributed by atoms with E-state index in [1.807, 2.05) is 0 Å². The van der Waals surface area contributed by atoms with E-state index in [0.717, 1.165) is 0 Å². The van der Waals surface area contributed by atoms with Crippen molar-refractivity contribution in [2.75, 3.05) is 0 Å². The molecule has 1 atom stereocenters. The molecule has 0 saturated carbocycles. The Balaban J connectivity index is 1.84. The Bertz CT molecular complexity index is 299. The maximum absolute atomic E-state index is 4.83. The van der Waals surface area contributed by atoms with E-state index in [1.165, 1.54) is 62.8 Å². The van der Waals surface area contributed by atoms with Crippen LogP contribution in [0, 0.1) is 5.92 Å². The molecule has 0 aromatic heterocycles. The first kappa shape index (κ1) is 11.8. The highest BCUT2D eigenvalue weighted by molar-refractivity contribution is 5.38. The third kappa shape index (κ3) is 2.69. The molecule has 0 amide bonds. The van der Waals surface area contributed by atoms with Crippen molar-refractivity contribution >= 4 is 0 Å². The van der Waals surface area contributed by atoms with Crippen LogP contribution in [0.3, 0.4) is 0 Å². The van der Waals surface area contributed by atoms with Crippen LogP contribution in [-0.4, -0.2) is 0 Å². The summed E-state index contributed by atoms with van der Waals surface area (Å²) < 4.78 is 0. The lowest BCUT2D eigenvalue weighted by Gasteiger charge is -2.14. The van der Waals surface area contributed by atoms with Gasteiger partial charge >= 0.3 is 0 Å². The molecule has 1 radical (unpaired) electrons. The van der Waals surface area contributed by atoms with Gasteiger partial charge in [-0.05, 0) is 49.7 Å². The minimum atomic E-state index is 0.664. The molecule has 16 heavy (non-hydrogen) atoms. The number of nitrogens with zero attached hydrogens (tertiary/aromatic N) is 1. The third-order valence-corrected chi connectivity index (χ3v) is 3.81. The van der Waals surface area contributed by atoms with E-state index in [0.29, 0.717) is 5.92 Å². The van der Waals surface area contributed by atoms with Crippen LogP contribution in [0.15, 0.2) is 23.0 Å². The lowest BCUT2D eigenvalue weighted by molar-refractivity contribution is 0.530. The van der Waals surface area contributed by atoms with Gasteiger partial charge in [0.05, 0.1) is 0 Å². The monoisotopic (exact) mass is 218 g/mol. The maximum atomic E-state index is 4.83. The molecular formula is C15H24N. The van der Waals surface area contributed by atoms with Gasteiger partial charge in [-0.3, -0.25) is 5.32 Å². The van der Waals surface area contributed by atoms with Crippen molar-refractivity contribution in [1.82, 2.24) is 5.32 Å². The summed E-state index contributed by atoms with van der Waals surface area (Å²) in [5.74, 6) is 0.664. The van der Waals surface area contributed by atoms with Gasteiger partial charge < -0.3 is 0 Å². The van der Waals surface area contributed by atoms with E-state index < -0.39 is 0 Å². The molecule has 1 heterocycles. The van der Waals surface area contributed by atoms with Gasteiger partial charge in [0.15, 0.2) is 0 Å². The van der Waals surface area contributed by atoms with Gasteiger partial charge in [-0.15, -0.1) is 0 Å². The summed E-state index contributed by atoms with van der Waals surface area (Å²) in [6.07, 6.45) is 12.9. The molecule has 0 fully saturated rings. The molecule has 0 N–H and O–H groups in total. The Morgan fingerprint density at radius 2 is 2.06 bits per heavy atom. The number of unbranched alkanes of at least 4 members (excludes halogenated alkanes) is 2. The molecule has 0 aromatic rings. The third-order valence-electron chi connectivity index (χ3n) is 3.81. The molecule has 0 spiro atoms. The normalized spacial score (nSPS) is 21.5. The smallest absolute Gasteiger partial charge is 0.0439 e. The van der Waals surface area contributed by atoms with Crippen LogP contribution in [0.2, 0.25) is 0 Å². The van der Waals surface area contributed by atoms with E-state index >= 15 is 0 Å². The number of hydrogen-bond donors (Lipinski definition) is 0. The Labute approximate surface area is 100 Å². The predicted octanol–water partition coefficient (Wildman–Crippen LogP) is 4.53. The molecule has 0 aromatic carbocycles. The SMILES string of the molecule is CCCCCC(C)C1=CC2=C(CCCC2)[N]1. The molecule has 1 heteroatoms. The van der Waals surface area contributed by atoms with Crippen molar-refractivity contribution in [3.8, 4) is 0 Å². The van der Waals surface area contributed by atoms with Crippen molar-refractivity contribution in [3.05, 3.63) is 23.0 Å². The molecule has 2 aliphatic rings. The van der Waals surface area contributed by atoms with Crippen molar-refractivity contribution < 1.29 is 0 Å². The van der Waals surface area contributed by atoms with Crippen molar-refractivity contribution in [2.45, 2.75) is 65.2 Å². The van der Waals surface area contributed by atoms with Gasteiger partial charge in [0.1, 0.15) is 0 Å². The number of rotatable bonds is 5. The Morgan fingerprint density at radius 1 is 1.25 bits per heavy atom. The average Bonchev–Trinajstić information content (AvgIpc) is 2.73. The van der Waals surface area contributed by atoms with Gasteiger partial charge in [-0.25, -0.2) is 0 Å². The van der Waals surface area contributed by atoms with Crippen molar-refractivity contribution in [1.29, 1.82) is 0 Å². The molecule has 1 unspecified atom stereocenters. The van der Waals surface area contributed by atoms with E-state index in [-0.39, 0.29) is 0 Å². The van der Waals surface area contributed by atoms with Gasteiger partial charge in [-0.2, -0.15) is 0 Å². The van der Waals surface area contributed by atoms with Crippen LogP contribution in [-0.2, 0) is 0 Å². The summed E-state index contributed by atoms with van der Waals surface area (Å²) in [4.78, 5) is 0. The van der Waals surface area contributed by atoms with E-state index in [4.69, 9.17) is 5.32 Å². The summed E-state index contributed by atoms with van der Waals surface area (Å²) in [5, 5.41) is 4.83. The van der Waals surface area contributed by atoms with Crippen molar-refractivity contribution in [2.24, 2.45) is 5.92 Å². The van der Waals surface area contributed by atoms with E-state index in [9.17, 15) is 0 Å². The zero-order valence-electron chi connectivity index (χ0n) is 10.8. The molecule has 0 saturated heterocycles. The second kappa shape index (κ2) is 5.56. The first-order valence-corrected chi connectivity index (χ1v) is 6.96. The molecule has 1 aliphatic heterocycles. The largest absolute Gasteiger partial charge is 0.257 e. The molecular weight excluding hydrogens is 194 g/mol. The first-order valence-electron chi connectivity index (χ1n) is 6.96. The summed E-state index contributed by atoms with van der Waals surface area (Å²) in [6.45, 7) is 4.60. The fraction of sp³-hybridized carbons (Fsp3) is 0.733. The van der Waals surface area contributed by atoms with Gasteiger partial charge in [-0.1, -0.05) is 33.1 Å². The molecule has 2 rings (SSSR count). The van der Waals surface area contributed by atoms with Crippen LogP contribution >= 0.6 is 0 Å². The summed E-state index contributed by atoms with van der Waals surface area (Å²) in [5.41, 5.74) is 4.31. The highest BCUT2D eigenvalue weighted by Gasteiger charge is 2.22. The topological polar surface area (TPSA) is 14.1 Å². The molecule has 89 valence electrons. The maximum Gasteiger partial charge on any atom is 0.0439 e. The van der Waals surface area contributed by atoms with Crippen LogP contribution in [0.5, 0.6) is 0 Å². The zero-order valence-corrected chi connectivity index (χ0v) is 10.8. The molecule has 1 nitrogen and oxygen atoms in total. The number of hydrogen-bond acceptors (Lipinski definition) is 0. The second-order valence-corrected chi connectivity index (χ2v) is 5.26. The average molecular weight is 218 g/mol. The molecule has 0 bridgehead atoms. The van der Waals surface area contributed by atoms with Gasteiger partial charge in [0.25, 0.3) is 0 Å². The first-order chi connectivity index (χ1) is 7.81. The summed E-state index contributed by atoms with van der Waals surface area (Å²) in [6, 6.07) is 0. The van der Waals surface area contributed by atoms with Gasteiger partial charge in [0, 0.05) is 11.4 Å². The Kier molecular flexibility index (Phi) is 4.09. The van der Waals surface area contributed by atoms with E-state index in [1.54, 1.807) is 5.57 Å². The predicted molar refractivity (Wildman–Crippen MR) is 69.0 cm³/mol. The lowest BCUT2D eigenvalue weighted by atomic mass is 9.96. The quantitative estimate of drug-likeness (QED) is 0.602. The number of allylic oxidation sites excluding steroid dienone is 4. The van der Waals surface area contributed by atoms with Crippen LogP contribution < -0.4 is 5.32 Å². The van der Waals surface area contributed by atoms with E-state index in [2.05, 4.69) is 19.9 Å². The Morgan fingerprint density at radius 3 is 2.81 bits per heavy atom. The van der Waals surface area contributed by atoms with Crippen LogP contribution in [0.25, 0.3) is 0 Å². The fourth-order valence-corrected chi connectivity index (χ4v) is 2.66. The molecule has 1 aliphatic carbocycles. The standard InChI is InChI=1S/C15H24N/c1-3-4-5-8-12(2)15-11-13-9-6-7-10-14(13)16-15/h11-12H,3-10H2,1-2H3. The lowest BCUT2D eigenvalue weighted by Crippen LogP contribution is -2.09. The summed E-state index contributed by atoms with van der Waals surface area (Å²) >= 11 is 0. The Hall–Kier alpha value is -0.720. The van der Waals surface area contributed by atoms with Crippen molar-refractivity contribution in [3.63, 3.8) is 0 Å².